The van der Waals surface area contributed by atoms with E-state index in [2.05, 4.69) is 15.4 Å². The molecule has 0 saturated carbocycles. The highest BCUT2D eigenvalue weighted by atomic mass is 19.1. The Morgan fingerprint density at radius 1 is 1.33 bits per heavy atom. The van der Waals surface area contributed by atoms with Gasteiger partial charge in [-0.1, -0.05) is 0 Å². The number of carbonyl (C=O) groups excluding carboxylic acids is 2. The van der Waals surface area contributed by atoms with Gasteiger partial charge in [-0.05, 0) is 26.0 Å². The van der Waals surface area contributed by atoms with Crippen LogP contribution in [0.5, 0.6) is 0 Å². The van der Waals surface area contributed by atoms with Gasteiger partial charge in [-0.15, -0.1) is 0 Å². The first-order valence-corrected chi connectivity index (χ1v) is 9.27. The Labute approximate surface area is 169 Å². The molecule has 30 heavy (non-hydrogen) atoms. The largest absolute Gasteiger partial charge is 0.390 e. The molecule has 0 bridgehead atoms. The minimum Gasteiger partial charge on any atom is -0.390 e. The fourth-order valence-electron chi connectivity index (χ4n) is 3.46. The lowest BCUT2D eigenvalue weighted by atomic mass is 10.2. The Morgan fingerprint density at radius 3 is 2.73 bits per heavy atom. The molecule has 0 fully saturated rings. The second kappa shape index (κ2) is 7.34. The van der Waals surface area contributed by atoms with Gasteiger partial charge in [-0.2, -0.15) is 9.61 Å². The highest BCUT2D eigenvalue weighted by molar-refractivity contribution is 5.98. The standard InChI is InChI=1S/C19H19FN6O4/c1-10(2)24-7-13-17(19(24)30)25(16-5-12(9-27)23-26(16)18(13)29)8-15(28)22-14-4-3-11(20)6-21-14/h3-6,10,27H,7-9H2,1-2H3,(H,21,22,28). The molecule has 3 aromatic rings. The van der Waals surface area contributed by atoms with Crippen molar-refractivity contribution < 1.29 is 19.1 Å². The summed E-state index contributed by atoms with van der Waals surface area (Å²) < 4.78 is 15.5. The van der Waals surface area contributed by atoms with Crippen molar-refractivity contribution in [3.8, 4) is 0 Å². The van der Waals surface area contributed by atoms with E-state index in [0.29, 0.717) is 0 Å². The monoisotopic (exact) mass is 414 g/mol. The number of rotatable bonds is 5. The molecule has 4 heterocycles. The summed E-state index contributed by atoms with van der Waals surface area (Å²) in [7, 11) is 0. The van der Waals surface area contributed by atoms with Crippen molar-refractivity contribution in [2.24, 2.45) is 0 Å². The Morgan fingerprint density at radius 2 is 2.10 bits per heavy atom. The van der Waals surface area contributed by atoms with Crippen molar-refractivity contribution in [3.63, 3.8) is 0 Å². The Hall–Kier alpha value is -3.60. The zero-order valence-electron chi connectivity index (χ0n) is 16.3. The molecule has 11 heteroatoms. The summed E-state index contributed by atoms with van der Waals surface area (Å²) in [5.41, 5.74) is 0.338. The number of carbonyl (C=O) groups is 2. The lowest BCUT2D eigenvalue weighted by Gasteiger charge is -2.20. The molecule has 0 atom stereocenters. The fourth-order valence-corrected chi connectivity index (χ4v) is 3.46. The first kappa shape index (κ1) is 19.7. The van der Waals surface area contributed by atoms with Crippen LogP contribution in [-0.4, -0.2) is 47.0 Å². The van der Waals surface area contributed by atoms with Crippen LogP contribution in [0, 0.1) is 5.82 Å². The third-order valence-corrected chi connectivity index (χ3v) is 4.90. The molecular weight excluding hydrogens is 395 g/mol. The number of nitrogens with zero attached hydrogens (tertiary/aromatic N) is 5. The maximum Gasteiger partial charge on any atom is 0.280 e. The number of fused-ring (bicyclic) bond motifs is 2. The number of hydrogen-bond acceptors (Lipinski definition) is 6. The minimum absolute atomic E-state index is 0.107. The number of anilines is 1. The SMILES string of the molecule is CC(C)N1Cc2c(n(CC(=O)Nc3ccc(F)cn3)c3cc(CO)nn3c2=O)C1=O. The molecule has 0 radical (unpaired) electrons. The highest BCUT2D eigenvalue weighted by Crippen LogP contribution is 2.24. The topological polar surface area (TPSA) is 122 Å². The molecule has 10 nitrogen and oxygen atoms in total. The van der Waals surface area contributed by atoms with Crippen LogP contribution in [0.25, 0.3) is 5.65 Å². The van der Waals surface area contributed by atoms with Gasteiger partial charge in [0.1, 0.15) is 29.5 Å². The maximum absolute atomic E-state index is 13.0. The average molecular weight is 414 g/mol. The van der Waals surface area contributed by atoms with Gasteiger partial charge in [0.25, 0.3) is 11.5 Å². The van der Waals surface area contributed by atoms with Crippen molar-refractivity contribution in [2.75, 3.05) is 5.32 Å². The Bertz CT molecular complexity index is 1210. The molecule has 2 N–H and O–H groups in total. The van der Waals surface area contributed by atoms with Crippen molar-refractivity contribution in [1.82, 2.24) is 24.1 Å². The van der Waals surface area contributed by atoms with Gasteiger partial charge < -0.3 is 19.9 Å². The zero-order chi connectivity index (χ0) is 21.6. The molecule has 0 aromatic carbocycles. The van der Waals surface area contributed by atoms with Gasteiger partial charge in [-0.3, -0.25) is 14.4 Å². The predicted molar refractivity (Wildman–Crippen MR) is 103 cm³/mol. The van der Waals surface area contributed by atoms with Crippen molar-refractivity contribution in [3.05, 3.63) is 57.5 Å². The van der Waals surface area contributed by atoms with Crippen molar-refractivity contribution in [2.45, 2.75) is 39.6 Å². The molecule has 4 rings (SSSR count). The molecule has 3 aromatic heterocycles. The van der Waals surface area contributed by atoms with Crippen LogP contribution in [-0.2, 0) is 24.5 Å². The molecule has 156 valence electrons. The van der Waals surface area contributed by atoms with Gasteiger partial charge in [0.15, 0.2) is 0 Å². The Balaban J connectivity index is 1.80. The van der Waals surface area contributed by atoms with E-state index in [4.69, 9.17) is 0 Å². The van der Waals surface area contributed by atoms with Crippen LogP contribution in [0.4, 0.5) is 10.2 Å². The predicted octanol–water partition coefficient (Wildman–Crippen LogP) is 0.525. The first-order chi connectivity index (χ1) is 14.3. The van der Waals surface area contributed by atoms with E-state index in [1.54, 1.807) is 0 Å². The molecular formula is C19H19FN6O4. The quantitative estimate of drug-likeness (QED) is 0.628. The van der Waals surface area contributed by atoms with Crippen LogP contribution >= 0.6 is 0 Å². The number of halogens is 1. The van der Waals surface area contributed by atoms with Gasteiger partial charge >= 0.3 is 0 Å². The summed E-state index contributed by atoms with van der Waals surface area (Å²) in [5, 5.41) is 16.0. The second-order valence-corrected chi connectivity index (χ2v) is 7.22. The third-order valence-electron chi connectivity index (χ3n) is 4.90. The number of aliphatic hydroxyl groups is 1. The molecule has 0 saturated heterocycles. The molecule has 0 aliphatic carbocycles. The van der Waals surface area contributed by atoms with E-state index in [0.717, 1.165) is 16.8 Å². The molecule has 0 unspecified atom stereocenters. The van der Waals surface area contributed by atoms with Crippen LogP contribution in [0.1, 0.15) is 35.6 Å². The van der Waals surface area contributed by atoms with E-state index in [-0.39, 0.29) is 53.5 Å². The van der Waals surface area contributed by atoms with Gasteiger partial charge in [0, 0.05) is 12.1 Å². The van der Waals surface area contributed by atoms with Crippen LogP contribution in [0.3, 0.4) is 0 Å². The molecule has 1 aliphatic rings. The summed E-state index contributed by atoms with van der Waals surface area (Å²) in [5.74, 6) is -1.28. The lowest BCUT2D eigenvalue weighted by Crippen LogP contribution is -2.32. The van der Waals surface area contributed by atoms with Crippen molar-refractivity contribution >= 4 is 23.3 Å². The van der Waals surface area contributed by atoms with Crippen LogP contribution in [0.15, 0.2) is 29.2 Å². The van der Waals surface area contributed by atoms with Crippen LogP contribution < -0.4 is 10.9 Å². The smallest absolute Gasteiger partial charge is 0.280 e. The molecule has 1 aliphatic heterocycles. The van der Waals surface area contributed by atoms with Crippen molar-refractivity contribution in [1.29, 1.82) is 0 Å². The second-order valence-electron chi connectivity index (χ2n) is 7.22. The lowest BCUT2D eigenvalue weighted by molar-refractivity contribution is -0.116. The number of nitrogens with one attached hydrogen (secondary N) is 1. The number of hydrogen-bond donors (Lipinski definition) is 2. The van der Waals surface area contributed by atoms with E-state index < -0.39 is 23.9 Å². The summed E-state index contributed by atoms with van der Waals surface area (Å²) in [6, 6.07) is 3.78. The zero-order valence-corrected chi connectivity index (χ0v) is 16.3. The molecule has 0 spiro atoms. The summed E-state index contributed by atoms with van der Waals surface area (Å²) in [6.45, 7) is 3.07. The van der Waals surface area contributed by atoms with E-state index in [1.807, 2.05) is 13.8 Å². The third kappa shape index (κ3) is 3.22. The maximum atomic E-state index is 13.0. The van der Waals surface area contributed by atoms with E-state index in [9.17, 15) is 23.9 Å². The summed E-state index contributed by atoms with van der Waals surface area (Å²) in [4.78, 5) is 43.9. The van der Waals surface area contributed by atoms with Gasteiger partial charge in [-0.25, -0.2) is 9.37 Å². The summed E-state index contributed by atoms with van der Waals surface area (Å²) in [6.07, 6.45) is 0.972. The fraction of sp³-hybridized carbons (Fsp3) is 0.316. The number of aromatic nitrogens is 4. The summed E-state index contributed by atoms with van der Waals surface area (Å²) >= 11 is 0. The normalized spacial score (nSPS) is 13.4. The van der Waals surface area contributed by atoms with E-state index in [1.165, 1.54) is 21.6 Å². The molecule has 2 amide bonds. The Kier molecular flexibility index (Phi) is 4.82. The first-order valence-electron chi connectivity index (χ1n) is 9.27. The average Bonchev–Trinajstić information content (AvgIpc) is 3.29. The minimum atomic E-state index is -0.539. The van der Waals surface area contributed by atoms with Gasteiger partial charge in [0.2, 0.25) is 5.91 Å². The van der Waals surface area contributed by atoms with Crippen LogP contribution in [0.2, 0.25) is 0 Å². The van der Waals surface area contributed by atoms with Gasteiger partial charge in [0.05, 0.1) is 30.6 Å². The number of amides is 2. The van der Waals surface area contributed by atoms with E-state index >= 15 is 0 Å². The number of pyridine rings is 1. The highest BCUT2D eigenvalue weighted by Gasteiger charge is 2.36. The number of aliphatic hydroxyl groups excluding tert-OH is 1.